The van der Waals surface area contributed by atoms with Crippen molar-refractivity contribution < 1.29 is 47.5 Å². The van der Waals surface area contributed by atoms with Crippen molar-refractivity contribution in [2.45, 2.75) is 103 Å². The van der Waals surface area contributed by atoms with Crippen molar-refractivity contribution >= 4 is 5.91 Å². The number of benzene rings is 1. The average molecular weight is 669 g/mol. The van der Waals surface area contributed by atoms with Crippen LogP contribution in [0.4, 0.5) is 0 Å². The summed E-state index contributed by atoms with van der Waals surface area (Å²) in [6.07, 6.45) is 23.6. The molecule has 0 saturated carbocycles. The molecule has 0 aliphatic rings. The number of hydrogen-bond acceptors (Lipinski definition) is 4. The molecular weight excluding hydrogens is 615 g/mol. The Morgan fingerprint density at radius 2 is 1.35 bits per heavy atom. The van der Waals surface area contributed by atoms with Gasteiger partial charge in [0.15, 0.2) is 30.5 Å². The van der Waals surface area contributed by atoms with Crippen LogP contribution in [0.15, 0.2) is 42.7 Å². The highest BCUT2D eigenvalue weighted by Gasteiger charge is 2.09. The van der Waals surface area contributed by atoms with Gasteiger partial charge in [-0.3, -0.25) is 4.79 Å². The molecule has 0 aliphatic heterocycles. The highest BCUT2D eigenvalue weighted by molar-refractivity contribution is 5.77. The Morgan fingerprint density at radius 1 is 0.775 bits per heavy atom. The Labute approximate surface area is 260 Å². The minimum absolute atomic E-state index is 0. The van der Waals surface area contributed by atoms with E-state index in [-0.39, 0.29) is 36.5 Å². The maximum absolute atomic E-state index is 12.2. The van der Waals surface area contributed by atoms with E-state index in [0.29, 0.717) is 30.4 Å². The molecule has 0 fully saturated rings. The molecule has 1 aromatic carbocycles. The number of aryl methyl sites for hydroxylation is 1. The van der Waals surface area contributed by atoms with Crippen LogP contribution < -0.4 is 48.1 Å². The fourth-order valence-corrected chi connectivity index (χ4v) is 4.58. The molecule has 6 nitrogen and oxygen atoms in total. The van der Waals surface area contributed by atoms with Gasteiger partial charge in [0.05, 0.1) is 13.7 Å². The number of hydrogen-bond donors (Lipinski definition) is 1. The lowest BCUT2D eigenvalue weighted by Crippen LogP contribution is -3.00. The highest BCUT2D eigenvalue weighted by atomic mass is 127. The lowest BCUT2D eigenvalue weighted by atomic mass is 10.0. The molecule has 0 atom stereocenters. The predicted octanol–water partition coefficient (Wildman–Crippen LogP) is 4.12. The van der Waals surface area contributed by atoms with Gasteiger partial charge in [0.25, 0.3) is 5.91 Å². The number of nitrogens with one attached hydrogen (secondary N) is 1. The first-order chi connectivity index (χ1) is 19.1. The monoisotopic (exact) mass is 668 g/mol. The molecule has 226 valence electrons. The number of amides is 1. The Balaban J connectivity index is 0.00000800. The van der Waals surface area contributed by atoms with Crippen LogP contribution in [-0.2, 0) is 18.3 Å². The third-order valence-corrected chi connectivity index (χ3v) is 7.04. The van der Waals surface area contributed by atoms with E-state index in [9.17, 15) is 4.79 Å². The number of aromatic nitrogens is 1. The van der Waals surface area contributed by atoms with Crippen LogP contribution in [0.1, 0.15) is 102 Å². The van der Waals surface area contributed by atoms with Gasteiger partial charge >= 0.3 is 0 Å². The summed E-state index contributed by atoms with van der Waals surface area (Å²) in [4.78, 5) is 12.2. The predicted molar refractivity (Wildman–Crippen MR) is 159 cm³/mol. The molecule has 1 amide bonds. The van der Waals surface area contributed by atoms with Crippen molar-refractivity contribution in [1.29, 1.82) is 0 Å². The van der Waals surface area contributed by atoms with Gasteiger partial charge in [-0.05, 0) is 30.5 Å². The van der Waals surface area contributed by atoms with E-state index in [4.69, 9.17) is 14.2 Å². The fourth-order valence-electron chi connectivity index (χ4n) is 4.58. The number of nitrogens with zero attached hydrogens (tertiary/aromatic N) is 1. The molecule has 1 heterocycles. The maximum Gasteiger partial charge on any atom is 0.257 e. The Hall–Kier alpha value is -2.03. The standard InChI is InChI=1S/C33H52N2O4.HI/c1-4-5-6-7-8-9-10-11-12-13-14-15-16-17-26-38-31-19-18-30(27-32(31)37-3)39-28-33(36)34-23-20-29-21-24-35(2)25-22-29;/h18-19,21-22,24-25,27H,4-17,20,23,26,28H2,1-3H3;1H. The van der Waals surface area contributed by atoms with Gasteiger partial charge in [0.1, 0.15) is 12.8 Å². The van der Waals surface area contributed by atoms with E-state index < -0.39 is 0 Å². The number of carbonyl (C=O) groups excluding carboxylic acids is 1. The summed E-state index contributed by atoms with van der Waals surface area (Å²) in [5, 5.41) is 2.90. The van der Waals surface area contributed by atoms with Crippen molar-refractivity contribution in [2.24, 2.45) is 7.05 Å². The van der Waals surface area contributed by atoms with Gasteiger partial charge in [0.2, 0.25) is 0 Å². The van der Waals surface area contributed by atoms with Crippen LogP contribution >= 0.6 is 0 Å². The van der Waals surface area contributed by atoms with Gasteiger partial charge in [-0.15, -0.1) is 0 Å². The molecule has 2 rings (SSSR count). The third kappa shape index (κ3) is 16.9. The largest absolute Gasteiger partial charge is 1.00 e. The zero-order chi connectivity index (χ0) is 28.0. The van der Waals surface area contributed by atoms with Crippen LogP contribution in [-0.4, -0.2) is 32.8 Å². The molecular formula is C33H53IN2O4. The maximum atomic E-state index is 12.2. The molecule has 1 N–H and O–H groups in total. The minimum atomic E-state index is -0.145. The van der Waals surface area contributed by atoms with Gasteiger partial charge < -0.3 is 43.5 Å². The number of methoxy groups -OCH3 is 1. The lowest BCUT2D eigenvalue weighted by molar-refractivity contribution is -0.671. The summed E-state index contributed by atoms with van der Waals surface area (Å²) in [5.74, 6) is 1.77. The summed E-state index contributed by atoms with van der Waals surface area (Å²) in [6, 6.07) is 9.55. The molecule has 40 heavy (non-hydrogen) atoms. The molecule has 7 heteroatoms. The van der Waals surface area contributed by atoms with Crippen molar-refractivity contribution in [3.63, 3.8) is 0 Å². The number of pyridine rings is 1. The zero-order valence-corrected chi connectivity index (χ0v) is 27.4. The summed E-state index contributed by atoms with van der Waals surface area (Å²) in [7, 11) is 3.60. The van der Waals surface area contributed by atoms with Crippen molar-refractivity contribution in [1.82, 2.24) is 5.32 Å². The summed E-state index contributed by atoms with van der Waals surface area (Å²) >= 11 is 0. The normalized spacial score (nSPS) is 10.6. The topological polar surface area (TPSA) is 60.7 Å². The Bertz CT molecular complexity index is 908. The van der Waals surface area contributed by atoms with Crippen LogP contribution in [0.3, 0.4) is 0 Å². The Kier molecular flexibility index (Phi) is 21.3. The fraction of sp³-hybridized carbons (Fsp3) is 0.636. The number of carbonyl (C=O) groups is 1. The molecule has 0 aliphatic carbocycles. The minimum Gasteiger partial charge on any atom is -1.00 e. The summed E-state index contributed by atoms with van der Waals surface area (Å²) in [6.45, 7) is 3.49. The zero-order valence-electron chi connectivity index (χ0n) is 25.2. The van der Waals surface area contributed by atoms with E-state index in [1.165, 1.54) is 89.0 Å². The first kappa shape index (κ1) is 36.0. The van der Waals surface area contributed by atoms with Crippen LogP contribution in [0.25, 0.3) is 0 Å². The number of ether oxygens (including phenoxy) is 3. The molecule has 0 bridgehead atoms. The van der Waals surface area contributed by atoms with Crippen LogP contribution in [0, 0.1) is 0 Å². The van der Waals surface area contributed by atoms with Gasteiger partial charge in [-0.1, -0.05) is 90.4 Å². The second-order valence-corrected chi connectivity index (χ2v) is 10.5. The van der Waals surface area contributed by atoms with E-state index in [1.54, 1.807) is 13.2 Å². The van der Waals surface area contributed by atoms with E-state index in [2.05, 4.69) is 24.4 Å². The number of halogens is 1. The summed E-state index contributed by atoms with van der Waals surface area (Å²) in [5.41, 5.74) is 1.18. The third-order valence-electron chi connectivity index (χ3n) is 7.04. The first-order valence-corrected chi connectivity index (χ1v) is 15.3. The lowest BCUT2D eigenvalue weighted by Gasteiger charge is -2.13. The van der Waals surface area contributed by atoms with Gasteiger partial charge in [0, 0.05) is 24.7 Å². The molecule has 0 unspecified atom stereocenters. The number of rotatable bonds is 23. The van der Waals surface area contributed by atoms with Crippen LogP contribution in [0.2, 0.25) is 0 Å². The highest BCUT2D eigenvalue weighted by Crippen LogP contribution is 2.31. The van der Waals surface area contributed by atoms with E-state index >= 15 is 0 Å². The summed E-state index contributed by atoms with van der Waals surface area (Å²) < 4.78 is 19.1. The van der Waals surface area contributed by atoms with E-state index in [0.717, 1.165) is 12.8 Å². The Morgan fingerprint density at radius 3 is 1.93 bits per heavy atom. The number of unbranched alkanes of at least 4 members (excludes halogenated alkanes) is 13. The van der Waals surface area contributed by atoms with Gasteiger partial charge in [-0.25, -0.2) is 4.57 Å². The average Bonchev–Trinajstić information content (AvgIpc) is 2.95. The van der Waals surface area contributed by atoms with Crippen molar-refractivity contribution in [2.75, 3.05) is 26.9 Å². The smallest absolute Gasteiger partial charge is 0.257 e. The molecule has 0 radical (unpaired) electrons. The first-order valence-electron chi connectivity index (χ1n) is 15.3. The molecule has 2 aromatic rings. The molecule has 0 spiro atoms. The molecule has 1 aromatic heterocycles. The van der Waals surface area contributed by atoms with Crippen molar-refractivity contribution in [3.8, 4) is 17.2 Å². The van der Waals surface area contributed by atoms with Gasteiger partial charge in [-0.2, -0.15) is 0 Å². The van der Waals surface area contributed by atoms with Crippen LogP contribution in [0.5, 0.6) is 17.2 Å². The quantitative estimate of drug-likeness (QED) is 0.110. The molecule has 0 saturated heterocycles. The van der Waals surface area contributed by atoms with E-state index in [1.807, 2.05) is 36.1 Å². The second kappa shape index (κ2) is 23.7. The second-order valence-electron chi connectivity index (χ2n) is 10.5. The SMILES string of the molecule is CCCCCCCCCCCCCCCCOc1ccc(OCC(=O)NCCc2cc[n+](C)cc2)cc1OC.[I-]. The van der Waals surface area contributed by atoms with Crippen molar-refractivity contribution in [3.05, 3.63) is 48.3 Å².